The lowest BCUT2D eigenvalue weighted by Gasteiger charge is -2.37. The lowest BCUT2D eigenvalue weighted by Crippen LogP contribution is -2.49. The summed E-state index contributed by atoms with van der Waals surface area (Å²) in [6.45, 7) is 11.8. The van der Waals surface area contributed by atoms with Gasteiger partial charge < -0.3 is 9.84 Å². The van der Waals surface area contributed by atoms with Gasteiger partial charge >= 0.3 is 0 Å². The molecule has 0 aliphatic carbocycles. The second kappa shape index (κ2) is 6.06. The molecule has 1 saturated heterocycles. The Morgan fingerprint density at radius 1 is 1.42 bits per heavy atom. The van der Waals surface area contributed by atoms with Crippen LogP contribution in [0.3, 0.4) is 0 Å². The Morgan fingerprint density at radius 3 is 2.84 bits per heavy atom. The van der Waals surface area contributed by atoms with Gasteiger partial charge in [0.1, 0.15) is 5.76 Å². The van der Waals surface area contributed by atoms with E-state index in [1.165, 1.54) is 25.8 Å². The van der Waals surface area contributed by atoms with Gasteiger partial charge in [-0.2, -0.15) is 0 Å². The zero-order chi connectivity index (χ0) is 13.9. The van der Waals surface area contributed by atoms with Crippen LogP contribution in [0.25, 0.3) is 0 Å². The van der Waals surface area contributed by atoms with Crippen LogP contribution >= 0.6 is 0 Å². The number of likely N-dealkylation sites (tertiary alicyclic amines) is 1. The van der Waals surface area contributed by atoms with E-state index in [-0.39, 0.29) is 5.54 Å². The molecule has 2 heterocycles. The molecule has 0 radical (unpaired) electrons. The van der Waals surface area contributed by atoms with Crippen molar-refractivity contribution in [1.29, 1.82) is 0 Å². The standard InChI is InChI=1S/C15H27N3O/c1-12-9-13(17-19-12)11-18-8-6-5-7-14(18)10-16-15(2,3)4/h9,14,16H,5-8,10-11H2,1-4H3. The number of hydrogen-bond donors (Lipinski definition) is 1. The monoisotopic (exact) mass is 265 g/mol. The third-order valence-electron chi connectivity index (χ3n) is 3.66. The van der Waals surface area contributed by atoms with E-state index >= 15 is 0 Å². The van der Waals surface area contributed by atoms with E-state index in [0.717, 1.165) is 24.5 Å². The van der Waals surface area contributed by atoms with Gasteiger partial charge in [0.15, 0.2) is 0 Å². The first-order chi connectivity index (χ1) is 8.94. The van der Waals surface area contributed by atoms with Crippen LogP contribution in [0.5, 0.6) is 0 Å². The average molecular weight is 265 g/mol. The van der Waals surface area contributed by atoms with Crippen LogP contribution in [-0.2, 0) is 6.54 Å². The summed E-state index contributed by atoms with van der Waals surface area (Å²) in [5.74, 6) is 0.899. The van der Waals surface area contributed by atoms with Crippen molar-refractivity contribution in [1.82, 2.24) is 15.4 Å². The summed E-state index contributed by atoms with van der Waals surface area (Å²) in [4.78, 5) is 2.54. The van der Waals surface area contributed by atoms with Gasteiger partial charge in [-0.1, -0.05) is 11.6 Å². The number of piperidine rings is 1. The maximum Gasteiger partial charge on any atom is 0.133 e. The molecule has 1 aliphatic heterocycles. The van der Waals surface area contributed by atoms with Crippen molar-refractivity contribution in [3.05, 3.63) is 17.5 Å². The average Bonchev–Trinajstić information content (AvgIpc) is 2.73. The van der Waals surface area contributed by atoms with Gasteiger partial charge in [-0.3, -0.25) is 4.90 Å². The largest absolute Gasteiger partial charge is 0.361 e. The van der Waals surface area contributed by atoms with Crippen molar-refractivity contribution in [3.63, 3.8) is 0 Å². The Hall–Kier alpha value is -0.870. The normalized spacial score (nSPS) is 21.8. The molecule has 1 aliphatic rings. The Balaban J connectivity index is 1.92. The second-order valence-electron chi connectivity index (χ2n) is 6.68. The minimum Gasteiger partial charge on any atom is -0.361 e. The van der Waals surface area contributed by atoms with Gasteiger partial charge in [-0.25, -0.2) is 0 Å². The van der Waals surface area contributed by atoms with Crippen LogP contribution in [0, 0.1) is 6.92 Å². The quantitative estimate of drug-likeness (QED) is 0.909. The minimum atomic E-state index is 0.188. The number of nitrogens with one attached hydrogen (secondary N) is 1. The van der Waals surface area contributed by atoms with Gasteiger partial charge in [-0.05, 0) is 47.1 Å². The molecule has 0 bridgehead atoms. The lowest BCUT2D eigenvalue weighted by atomic mass is 10.00. The Labute approximate surface area is 116 Å². The van der Waals surface area contributed by atoms with Crippen molar-refractivity contribution >= 4 is 0 Å². The summed E-state index contributed by atoms with van der Waals surface area (Å²) in [5, 5.41) is 7.74. The van der Waals surface area contributed by atoms with Crippen LogP contribution in [-0.4, -0.2) is 34.7 Å². The molecule has 0 saturated carbocycles. The molecule has 1 aromatic heterocycles. The fraction of sp³-hybridized carbons (Fsp3) is 0.800. The summed E-state index contributed by atoms with van der Waals surface area (Å²) in [5.41, 5.74) is 1.24. The molecule has 0 aromatic carbocycles. The second-order valence-corrected chi connectivity index (χ2v) is 6.68. The number of rotatable bonds is 4. The van der Waals surface area contributed by atoms with Gasteiger partial charge in [0.25, 0.3) is 0 Å². The fourth-order valence-electron chi connectivity index (χ4n) is 2.62. The molecule has 4 nitrogen and oxygen atoms in total. The molecular formula is C15H27N3O. The van der Waals surface area contributed by atoms with Crippen molar-refractivity contribution in [3.8, 4) is 0 Å². The summed E-state index contributed by atoms with van der Waals surface area (Å²) in [6.07, 6.45) is 3.91. The van der Waals surface area contributed by atoms with Crippen LogP contribution in [0.1, 0.15) is 51.5 Å². The third kappa shape index (κ3) is 4.62. The summed E-state index contributed by atoms with van der Waals surface area (Å²) < 4.78 is 5.16. The maximum absolute atomic E-state index is 5.16. The molecule has 1 atom stereocenters. The summed E-state index contributed by atoms with van der Waals surface area (Å²) in [6, 6.07) is 2.66. The van der Waals surface area contributed by atoms with Crippen molar-refractivity contribution in [2.45, 2.75) is 65.1 Å². The van der Waals surface area contributed by atoms with Crippen LogP contribution < -0.4 is 5.32 Å². The van der Waals surface area contributed by atoms with Crippen molar-refractivity contribution in [2.75, 3.05) is 13.1 Å². The number of hydrogen-bond acceptors (Lipinski definition) is 4. The molecule has 1 unspecified atom stereocenters. The SMILES string of the molecule is Cc1cc(CN2CCCCC2CNC(C)(C)C)no1. The molecule has 0 spiro atoms. The third-order valence-corrected chi connectivity index (χ3v) is 3.66. The smallest absolute Gasteiger partial charge is 0.133 e. The molecule has 108 valence electrons. The molecule has 4 heteroatoms. The van der Waals surface area contributed by atoms with Gasteiger partial charge in [0.05, 0.1) is 5.69 Å². The van der Waals surface area contributed by atoms with E-state index in [0.29, 0.717) is 6.04 Å². The van der Waals surface area contributed by atoms with Crippen molar-refractivity contribution < 1.29 is 4.52 Å². The molecule has 1 aromatic rings. The van der Waals surface area contributed by atoms with E-state index in [1.54, 1.807) is 0 Å². The predicted octanol–water partition coefficient (Wildman–Crippen LogP) is 2.73. The zero-order valence-corrected chi connectivity index (χ0v) is 12.7. The van der Waals surface area contributed by atoms with E-state index in [4.69, 9.17) is 4.52 Å². The number of aryl methyl sites for hydroxylation is 1. The van der Waals surface area contributed by atoms with Gasteiger partial charge in [0.2, 0.25) is 0 Å². The first kappa shape index (κ1) is 14.5. The Bertz CT molecular complexity index is 394. The minimum absolute atomic E-state index is 0.188. The zero-order valence-electron chi connectivity index (χ0n) is 12.7. The van der Waals surface area contributed by atoms with Crippen LogP contribution in [0.4, 0.5) is 0 Å². The highest BCUT2D eigenvalue weighted by atomic mass is 16.5. The van der Waals surface area contributed by atoms with E-state index in [1.807, 2.05) is 13.0 Å². The van der Waals surface area contributed by atoms with E-state index in [9.17, 15) is 0 Å². The first-order valence-corrected chi connectivity index (χ1v) is 7.35. The number of nitrogens with zero attached hydrogens (tertiary/aromatic N) is 2. The van der Waals surface area contributed by atoms with Crippen LogP contribution in [0.15, 0.2) is 10.6 Å². The highest BCUT2D eigenvalue weighted by Crippen LogP contribution is 2.19. The van der Waals surface area contributed by atoms with Crippen molar-refractivity contribution in [2.24, 2.45) is 0 Å². The topological polar surface area (TPSA) is 41.3 Å². The molecule has 2 rings (SSSR count). The molecule has 1 fully saturated rings. The Kier molecular flexibility index (Phi) is 4.63. The molecule has 0 amide bonds. The molecular weight excluding hydrogens is 238 g/mol. The van der Waals surface area contributed by atoms with Crippen LogP contribution in [0.2, 0.25) is 0 Å². The number of aromatic nitrogens is 1. The maximum atomic E-state index is 5.16. The summed E-state index contributed by atoms with van der Waals surface area (Å²) in [7, 11) is 0. The molecule has 19 heavy (non-hydrogen) atoms. The first-order valence-electron chi connectivity index (χ1n) is 7.35. The van der Waals surface area contributed by atoms with E-state index < -0.39 is 0 Å². The Morgan fingerprint density at radius 2 is 2.21 bits per heavy atom. The summed E-state index contributed by atoms with van der Waals surface area (Å²) >= 11 is 0. The molecule has 1 N–H and O–H groups in total. The highest BCUT2D eigenvalue weighted by molar-refractivity contribution is 5.04. The van der Waals surface area contributed by atoms with Gasteiger partial charge in [-0.15, -0.1) is 0 Å². The fourth-order valence-corrected chi connectivity index (χ4v) is 2.62. The lowest BCUT2D eigenvalue weighted by molar-refractivity contribution is 0.128. The predicted molar refractivity (Wildman–Crippen MR) is 77.0 cm³/mol. The van der Waals surface area contributed by atoms with E-state index in [2.05, 4.69) is 36.1 Å². The van der Waals surface area contributed by atoms with Gasteiger partial charge in [0, 0.05) is 30.7 Å². The highest BCUT2D eigenvalue weighted by Gasteiger charge is 2.24.